The second-order valence-electron chi connectivity index (χ2n) is 4.26. The van der Waals surface area contributed by atoms with Crippen molar-refractivity contribution in [2.45, 2.75) is 6.10 Å². The Balaban J connectivity index is 2.06. The Morgan fingerprint density at radius 2 is 1.89 bits per heavy atom. The van der Waals surface area contributed by atoms with Gasteiger partial charge in [-0.3, -0.25) is 0 Å². The van der Waals surface area contributed by atoms with Gasteiger partial charge in [-0.2, -0.15) is 0 Å². The largest absolute Gasteiger partial charge is 0.457 e. The number of aliphatic hydroxyl groups is 1. The van der Waals surface area contributed by atoms with Crippen LogP contribution in [0.5, 0.6) is 0 Å². The van der Waals surface area contributed by atoms with Crippen molar-refractivity contribution in [3.63, 3.8) is 0 Å². The average molecular weight is 338 g/mol. The van der Waals surface area contributed by atoms with Crippen LogP contribution in [0.4, 0.5) is 0 Å². The summed E-state index contributed by atoms with van der Waals surface area (Å²) in [7, 11) is 0. The topological polar surface area (TPSA) is 33.4 Å². The van der Waals surface area contributed by atoms with Crippen LogP contribution in [0, 0.1) is 0 Å². The highest BCUT2D eigenvalue weighted by atomic mass is 79.9. The standard InChI is InChI=1S/C15H10BrClO2/c16-12-6-2-4-10-8-13(19-15(10)12)14(18)9-3-1-5-11(17)7-9/h1-8,14,18H. The van der Waals surface area contributed by atoms with E-state index in [1.165, 1.54) is 0 Å². The summed E-state index contributed by atoms with van der Waals surface area (Å²) in [6, 6.07) is 14.7. The number of para-hydroxylation sites is 1. The molecule has 0 aliphatic heterocycles. The van der Waals surface area contributed by atoms with Gasteiger partial charge in [0.2, 0.25) is 0 Å². The smallest absolute Gasteiger partial charge is 0.148 e. The summed E-state index contributed by atoms with van der Waals surface area (Å²) in [6.45, 7) is 0. The zero-order chi connectivity index (χ0) is 13.4. The molecule has 0 saturated heterocycles. The van der Waals surface area contributed by atoms with Gasteiger partial charge < -0.3 is 9.52 Å². The number of hydrogen-bond acceptors (Lipinski definition) is 2. The van der Waals surface area contributed by atoms with Gasteiger partial charge in [-0.15, -0.1) is 0 Å². The predicted octanol–water partition coefficient (Wildman–Crippen LogP) is 4.93. The molecule has 1 aromatic heterocycles. The van der Waals surface area contributed by atoms with Crippen LogP contribution in [-0.4, -0.2) is 5.11 Å². The van der Waals surface area contributed by atoms with Crippen LogP contribution in [0.15, 0.2) is 57.4 Å². The van der Waals surface area contributed by atoms with Crippen molar-refractivity contribution in [3.05, 3.63) is 69.3 Å². The SMILES string of the molecule is OC(c1cccc(Cl)c1)c1cc2cccc(Br)c2o1. The molecular weight excluding hydrogens is 328 g/mol. The highest BCUT2D eigenvalue weighted by Gasteiger charge is 2.16. The predicted molar refractivity (Wildman–Crippen MR) is 79.4 cm³/mol. The van der Waals surface area contributed by atoms with Gasteiger partial charge in [-0.25, -0.2) is 0 Å². The number of halogens is 2. The van der Waals surface area contributed by atoms with Gasteiger partial charge in [0, 0.05) is 10.4 Å². The van der Waals surface area contributed by atoms with Crippen LogP contribution in [-0.2, 0) is 0 Å². The van der Waals surface area contributed by atoms with Crippen LogP contribution in [0.1, 0.15) is 17.4 Å². The van der Waals surface area contributed by atoms with E-state index in [0.717, 1.165) is 15.4 Å². The van der Waals surface area contributed by atoms with Gasteiger partial charge in [-0.05, 0) is 45.8 Å². The minimum absolute atomic E-state index is 0.504. The first-order chi connectivity index (χ1) is 9.15. The first-order valence-corrected chi connectivity index (χ1v) is 6.94. The lowest BCUT2D eigenvalue weighted by atomic mass is 10.1. The molecule has 4 heteroatoms. The lowest BCUT2D eigenvalue weighted by Crippen LogP contribution is -1.97. The van der Waals surface area contributed by atoms with E-state index < -0.39 is 6.10 Å². The van der Waals surface area contributed by atoms with Crippen molar-refractivity contribution in [2.24, 2.45) is 0 Å². The minimum Gasteiger partial charge on any atom is -0.457 e. The maximum Gasteiger partial charge on any atom is 0.148 e. The monoisotopic (exact) mass is 336 g/mol. The van der Waals surface area contributed by atoms with Gasteiger partial charge in [0.05, 0.1) is 4.47 Å². The molecule has 3 aromatic rings. The molecule has 0 aliphatic carbocycles. The molecule has 0 amide bonds. The van der Waals surface area contributed by atoms with Crippen LogP contribution in [0.25, 0.3) is 11.0 Å². The quantitative estimate of drug-likeness (QED) is 0.719. The maximum atomic E-state index is 10.3. The summed E-state index contributed by atoms with van der Waals surface area (Å²) >= 11 is 9.36. The van der Waals surface area contributed by atoms with Crippen molar-refractivity contribution < 1.29 is 9.52 Å². The lowest BCUT2D eigenvalue weighted by Gasteiger charge is -2.07. The molecule has 3 rings (SSSR count). The van der Waals surface area contributed by atoms with E-state index >= 15 is 0 Å². The Morgan fingerprint density at radius 3 is 2.63 bits per heavy atom. The zero-order valence-electron chi connectivity index (χ0n) is 9.81. The van der Waals surface area contributed by atoms with Crippen molar-refractivity contribution in [2.75, 3.05) is 0 Å². The van der Waals surface area contributed by atoms with E-state index in [1.54, 1.807) is 18.2 Å². The average Bonchev–Trinajstić information content (AvgIpc) is 2.83. The molecule has 1 N–H and O–H groups in total. The van der Waals surface area contributed by atoms with Crippen LogP contribution in [0.3, 0.4) is 0 Å². The highest BCUT2D eigenvalue weighted by Crippen LogP contribution is 2.32. The van der Waals surface area contributed by atoms with E-state index in [2.05, 4.69) is 15.9 Å². The molecule has 0 spiro atoms. The van der Waals surface area contributed by atoms with Crippen LogP contribution >= 0.6 is 27.5 Å². The third-order valence-electron chi connectivity index (χ3n) is 2.95. The third kappa shape index (κ3) is 2.41. The van der Waals surface area contributed by atoms with E-state index in [4.69, 9.17) is 16.0 Å². The molecule has 96 valence electrons. The number of fused-ring (bicyclic) bond motifs is 1. The Bertz CT molecular complexity index is 736. The fourth-order valence-electron chi connectivity index (χ4n) is 2.02. The molecule has 2 aromatic carbocycles. The second kappa shape index (κ2) is 5.00. The van der Waals surface area contributed by atoms with Gasteiger partial charge in [-0.1, -0.05) is 35.9 Å². The first-order valence-electron chi connectivity index (χ1n) is 5.76. The molecule has 0 saturated carbocycles. The zero-order valence-corrected chi connectivity index (χ0v) is 12.1. The summed E-state index contributed by atoms with van der Waals surface area (Å²) in [6.07, 6.45) is -0.821. The molecule has 1 heterocycles. The van der Waals surface area contributed by atoms with Crippen LogP contribution < -0.4 is 0 Å². The van der Waals surface area contributed by atoms with E-state index in [0.29, 0.717) is 16.3 Å². The van der Waals surface area contributed by atoms with Gasteiger partial charge in [0.15, 0.2) is 0 Å². The molecule has 0 radical (unpaired) electrons. The molecule has 1 unspecified atom stereocenters. The lowest BCUT2D eigenvalue weighted by molar-refractivity contribution is 0.192. The summed E-state index contributed by atoms with van der Waals surface area (Å²) in [5.41, 5.74) is 1.45. The van der Waals surface area contributed by atoms with Gasteiger partial charge in [0.1, 0.15) is 17.4 Å². The molecule has 19 heavy (non-hydrogen) atoms. The van der Waals surface area contributed by atoms with E-state index in [9.17, 15) is 5.11 Å². The third-order valence-corrected chi connectivity index (χ3v) is 3.81. The molecule has 1 atom stereocenters. The Morgan fingerprint density at radius 1 is 1.11 bits per heavy atom. The van der Waals surface area contributed by atoms with Gasteiger partial charge in [0.25, 0.3) is 0 Å². The highest BCUT2D eigenvalue weighted by molar-refractivity contribution is 9.10. The number of furan rings is 1. The number of benzene rings is 2. The summed E-state index contributed by atoms with van der Waals surface area (Å²) in [5.74, 6) is 0.504. The fraction of sp³-hybridized carbons (Fsp3) is 0.0667. The summed E-state index contributed by atoms with van der Waals surface area (Å²) < 4.78 is 6.58. The molecular formula is C15H10BrClO2. The second-order valence-corrected chi connectivity index (χ2v) is 5.56. The van der Waals surface area contributed by atoms with E-state index in [1.807, 2.05) is 30.3 Å². The molecule has 2 nitrogen and oxygen atoms in total. The minimum atomic E-state index is -0.821. The maximum absolute atomic E-state index is 10.3. The number of rotatable bonds is 2. The first kappa shape index (κ1) is 12.7. The number of hydrogen-bond donors (Lipinski definition) is 1. The normalized spacial score (nSPS) is 12.8. The Labute approximate surface area is 123 Å². The van der Waals surface area contributed by atoms with Crippen molar-refractivity contribution >= 4 is 38.5 Å². The van der Waals surface area contributed by atoms with E-state index in [-0.39, 0.29) is 0 Å². The van der Waals surface area contributed by atoms with Crippen molar-refractivity contribution in [1.82, 2.24) is 0 Å². The number of aliphatic hydroxyl groups excluding tert-OH is 1. The van der Waals surface area contributed by atoms with Crippen LogP contribution in [0.2, 0.25) is 5.02 Å². The molecule has 0 bridgehead atoms. The Kier molecular flexibility index (Phi) is 3.35. The summed E-state index contributed by atoms with van der Waals surface area (Å²) in [5, 5.41) is 11.9. The van der Waals surface area contributed by atoms with Gasteiger partial charge >= 0.3 is 0 Å². The molecule has 0 fully saturated rings. The van der Waals surface area contributed by atoms with Crippen molar-refractivity contribution in [3.8, 4) is 0 Å². The Hall–Kier alpha value is -1.29. The fourth-order valence-corrected chi connectivity index (χ4v) is 2.68. The molecule has 0 aliphatic rings. The van der Waals surface area contributed by atoms with Crippen molar-refractivity contribution in [1.29, 1.82) is 0 Å². The summed E-state index contributed by atoms with van der Waals surface area (Å²) in [4.78, 5) is 0.